The highest BCUT2D eigenvalue weighted by molar-refractivity contribution is 9.10. The van der Waals surface area contributed by atoms with Crippen LogP contribution in [0, 0.1) is 6.92 Å². The predicted octanol–water partition coefficient (Wildman–Crippen LogP) is 4.60. The van der Waals surface area contributed by atoms with Gasteiger partial charge >= 0.3 is 0 Å². The highest BCUT2D eigenvalue weighted by Crippen LogP contribution is 2.33. The summed E-state index contributed by atoms with van der Waals surface area (Å²) < 4.78 is 30.2. The first-order valence-electron chi connectivity index (χ1n) is 8.30. The molecule has 3 rings (SSSR count). The molecule has 0 N–H and O–H groups in total. The van der Waals surface area contributed by atoms with E-state index in [1.54, 1.807) is 18.2 Å². The summed E-state index contributed by atoms with van der Waals surface area (Å²) in [4.78, 5) is 14.6. The SMILES string of the molecule is C=CCN1C(=O)/C(=C\c2ccc(Br)cc2)SC1=NS(=O)(=O)c1ccc(C)cc1. The van der Waals surface area contributed by atoms with E-state index in [4.69, 9.17) is 0 Å². The van der Waals surface area contributed by atoms with Crippen molar-refractivity contribution in [2.45, 2.75) is 11.8 Å². The molecule has 1 amide bonds. The van der Waals surface area contributed by atoms with Crippen molar-refractivity contribution in [1.82, 2.24) is 4.90 Å². The maximum absolute atomic E-state index is 12.7. The number of carbonyl (C=O) groups excluding carboxylic acids is 1. The van der Waals surface area contributed by atoms with Crippen LogP contribution in [0.5, 0.6) is 0 Å². The number of aryl methyl sites for hydroxylation is 1. The molecule has 0 atom stereocenters. The molecule has 0 saturated carbocycles. The van der Waals surface area contributed by atoms with Gasteiger partial charge in [-0.3, -0.25) is 9.69 Å². The molecule has 8 heteroatoms. The highest BCUT2D eigenvalue weighted by atomic mass is 79.9. The van der Waals surface area contributed by atoms with Crippen molar-refractivity contribution in [2.75, 3.05) is 6.54 Å². The van der Waals surface area contributed by atoms with Crippen molar-refractivity contribution in [3.05, 3.63) is 81.7 Å². The first kappa shape index (κ1) is 20.6. The number of amidine groups is 1. The molecule has 1 aliphatic heterocycles. The molecule has 1 saturated heterocycles. The smallest absolute Gasteiger partial charge is 0.282 e. The number of hydrogen-bond acceptors (Lipinski definition) is 4. The Bertz CT molecular complexity index is 1070. The van der Waals surface area contributed by atoms with Gasteiger partial charge < -0.3 is 0 Å². The van der Waals surface area contributed by atoms with Gasteiger partial charge in [0.15, 0.2) is 5.17 Å². The van der Waals surface area contributed by atoms with Crippen LogP contribution in [0.25, 0.3) is 6.08 Å². The topological polar surface area (TPSA) is 66.8 Å². The minimum absolute atomic E-state index is 0.0857. The van der Waals surface area contributed by atoms with E-state index in [9.17, 15) is 13.2 Å². The van der Waals surface area contributed by atoms with Crippen molar-refractivity contribution >= 4 is 54.9 Å². The zero-order chi connectivity index (χ0) is 20.3. The zero-order valence-electron chi connectivity index (χ0n) is 15.0. The van der Waals surface area contributed by atoms with Gasteiger partial charge in [-0.25, -0.2) is 0 Å². The minimum Gasteiger partial charge on any atom is -0.282 e. The molecule has 144 valence electrons. The van der Waals surface area contributed by atoms with Gasteiger partial charge in [-0.15, -0.1) is 11.0 Å². The Morgan fingerprint density at radius 3 is 2.39 bits per heavy atom. The van der Waals surface area contributed by atoms with E-state index in [1.165, 1.54) is 23.1 Å². The molecule has 1 aliphatic rings. The molecule has 0 bridgehead atoms. The third-order valence-electron chi connectivity index (χ3n) is 3.88. The first-order chi connectivity index (χ1) is 13.3. The zero-order valence-corrected chi connectivity index (χ0v) is 18.2. The van der Waals surface area contributed by atoms with Crippen LogP contribution in [-0.4, -0.2) is 30.9 Å². The number of hydrogen-bond donors (Lipinski definition) is 0. The Morgan fingerprint density at radius 1 is 1.14 bits per heavy atom. The molecule has 5 nitrogen and oxygen atoms in total. The van der Waals surface area contributed by atoms with Gasteiger partial charge in [-0.1, -0.05) is 51.8 Å². The van der Waals surface area contributed by atoms with Crippen LogP contribution in [-0.2, 0) is 14.8 Å². The van der Waals surface area contributed by atoms with Crippen LogP contribution >= 0.6 is 27.7 Å². The molecule has 28 heavy (non-hydrogen) atoms. The molecule has 0 spiro atoms. The highest BCUT2D eigenvalue weighted by Gasteiger charge is 2.34. The second-order valence-corrected chi connectivity index (χ2v) is 9.56. The molecule has 1 heterocycles. The van der Waals surface area contributed by atoms with Crippen molar-refractivity contribution in [3.8, 4) is 0 Å². The summed E-state index contributed by atoms with van der Waals surface area (Å²) in [5.41, 5.74) is 1.78. The number of sulfonamides is 1. The molecule has 2 aromatic rings. The maximum Gasteiger partial charge on any atom is 0.284 e. The third kappa shape index (κ3) is 4.63. The van der Waals surface area contributed by atoms with Crippen LogP contribution in [0.4, 0.5) is 0 Å². The summed E-state index contributed by atoms with van der Waals surface area (Å²) in [5, 5.41) is 0.119. The van der Waals surface area contributed by atoms with Crippen LogP contribution < -0.4 is 0 Å². The number of benzene rings is 2. The van der Waals surface area contributed by atoms with E-state index < -0.39 is 10.0 Å². The minimum atomic E-state index is -3.93. The first-order valence-corrected chi connectivity index (χ1v) is 11.3. The van der Waals surface area contributed by atoms with Crippen LogP contribution in [0.3, 0.4) is 0 Å². The largest absolute Gasteiger partial charge is 0.284 e. The van der Waals surface area contributed by atoms with Crippen molar-refractivity contribution in [1.29, 1.82) is 0 Å². The van der Waals surface area contributed by atoms with E-state index in [0.29, 0.717) is 4.91 Å². The van der Waals surface area contributed by atoms with Gasteiger partial charge in [0.05, 0.1) is 9.80 Å². The van der Waals surface area contributed by atoms with Gasteiger partial charge in [-0.05, 0) is 54.6 Å². The lowest BCUT2D eigenvalue weighted by atomic mass is 10.2. The third-order valence-corrected chi connectivity index (χ3v) is 6.82. The van der Waals surface area contributed by atoms with Gasteiger partial charge in [0, 0.05) is 11.0 Å². The van der Waals surface area contributed by atoms with Crippen molar-refractivity contribution in [2.24, 2.45) is 4.40 Å². The summed E-state index contributed by atoms with van der Waals surface area (Å²) in [6, 6.07) is 13.9. The lowest BCUT2D eigenvalue weighted by molar-refractivity contribution is -0.121. The summed E-state index contributed by atoms with van der Waals surface area (Å²) in [5.74, 6) is -0.300. The van der Waals surface area contributed by atoms with Crippen molar-refractivity contribution < 1.29 is 13.2 Å². The van der Waals surface area contributed by atoms with E-state index in [-0.39, 0.29) is 22.5 Å². The normalized spacial score (nSPS) is 17.5. The molecule has 0 aromatic heterocycles. The average Bonchev–Trinajstić information content (AvgIpc) is 2.92. The van der Waals surface area contributed by atoms with Gasteiger partial charge in [0.25, 0.3) is 15.9 Å². The second-order valence-electron chi connectivity index (χ2n) is 6.03. The fourth-order valence-electron chi connectivity index (χ4n) is 2.44. The monoisotopic (exact) mass is 476 g/mol. The molecule has 2 aromatic carbocycles. The Morgan fingerprint density at radius 2 is 1.79 bits per heavy atom. The van der Waals surface area contributed by atoms with Gasteiger partial charge in [-0.2, -0.15) is 8.42 Å². The lowest BCUT2D eigenvalue weighted by Crippen LogP contribution is -2.29. The molecular formula is C20H17BrN2O3S2. The summed E-state index contributed by atoms with van der Waals surface area (Å²) in [7, 11) is -3.93. The number of halogens is 1. The van der Waals surface area contributed by atoms with E-state index >= 15 is 0 Å². The Hall–Kier alpha value is -2.16. The molecular weight excluding hydrogens is 460 g/mol. The van der Waals surface area contributed by atoms with E-state index in [1.807, 2.05) is 31.2 Å². The number of carbonyl (C=O) groups is 1. The Kier molecular flexibility index (Phi) is 6.22. The molecule has 0 aliphatic carbocycles. The number of amides is 1. The Labute approximate surface area is 177 Å². The van der Waals surface area contributed by atoms with E-state index in [0.717, 1.165) is 27.4 Å². The summed E-state index contributed by atoms with van der Waals surface area (Å²) >= 11 is 4.41. The fraction of sp³-hybridized carbons (Fsp3) is 0.100. The van der Waals surface area contributed by atoms with Crippen LogP contribution in [0.15, 0.2) is 79.9 Å². The molecule has 0 unspecified atom stereocenters. The molecule has 0 radical (unpaired) electrons. The standard InChI is InChI=1S/C20H17BrN2O3S2/c1-3-12-23-19(24)18(13-15-6-8-16(21)9-7-15)27-20(23)22-28(25,26)17-10-4-14(2)5-11-17/h3-11,13H,1,12H2,2H3/b18-13+,22-20?. The predicted molar refractivity (Wildman–Crippen MR) is 117 cm³/mol. The van der Waals surface area contributed by atoms with Crippen molar-refractivity contribution in [3.63, 3.8) is 0 Å². The quantitative estimate of drug-likeness (QED) is 0.466. The number of thioether (sulfide) groups is 1. The van der Waals surface area contributed by atoms with Gasteiger partial charge in [0.1, 0.15) is 0 Å². The van der Waals surface area contributed by atoms with Gasteiger partial charge in [0.2, 0.25) is 0 Å². The maximum atomic E-state index is 12.7. The van der Waals surface area contributed by atoms with E-state index in [2.05, 4.69) is 26.9 Å². The summed E-state index contributed by atoms with van der Waals surface area (Å²) in [6.45, 7) is 5.69. The number of rotatable bonds is 5. The van der Waals surface area contributed by atoms with Crippen LogP contribution in [0.2, 0.25) is 0 Å². The second kappa shape index (κ2) is 8.46. The Balaban J connectivity index is 1.98. The average molecular weight is 477 g/mol. The van der Waals surface area contributed by atoms with Crippen LogP contribution in [0.1, 0.15) is 11.1 Å². The summed E-state index contributed by atoms with van der Waals surface area (Å²) in [6.07, 6.45) is 3.26. The lowest BCUT2D eigenvalue weighted by Gasteiger charge is -2.12. The fourth-order valence-corrected chi connectivity index (χ4v) is 4.90. The number of nitrogens with zero attached hydrogens (tertiary/aromatic N) is 2. The molecule has 1 fully saturated rings.